The minimum absolute atomic E-state index is 0.0498. The first kappa shape index (κ1) is 14.7. The minimum atomic E-state index is -0.219. The van der Waals surface area contributed by atoms with Gasteiger partial charge in [0.15, 0.2) is 10.8 Å². The van der Waals surface area contributed by atoms with Crippen molar-refractivity contribution >= 4 is 11.3 Å². The molecule has 0 aliphatic heterocycles. The van der Waals surface area contributed by atoms with E-state index in [-0.39, 0.29) is 11.9 Å². The Hall–Kier alpha value is -2.18. The van der Waals surface area contributed by atoms with E-state index in [0.29, 0.717) is 12.4 Å². The molecule has 3 aromatic rings. The van der Waals surface area contributed by atoms with Crippen molar-refractivity contribution < 1.29 is 4.39 Å². The number of thiazole rings is 1. The maximum Gasteiger partial charge on any atom is 0.188 e. The van der Waals surface area contributed by atoms with Gasteiger partial charge in [0.1, 0.15) is 5.82 Å². The Balaban J connectivity index is 1.64. The molecule has 0 radical (unpaired) electrons. The van der Waals surface area contributed by atoms with Gasteiger partial charge in [0.25, 0.3) is 0 Å². The maximum absolute atomic E-state index is 13.2. The number of nitrogens with zero attached hydrogens (tertiary/aromatic N) is 3. The van der Waals surface area contributed by atoms with E-state index in [1.807, 2.05) is 18.4 Å². The van der Waals surface area contributed by atoms with Crippen LogP contribution in [0.4, 0.5) is 4.39 Å². The summed E-state index contributed by atoms with van der Waals surface area (Å²) in [5, 5.41) is 6.13. The van der Waals surface area contributed by atoms with Crippen molar-refractivity contribution in [2.75, 3.05) is 0 Å². The second-order valence-electron chi connectivity index (χ2n) is 4.87. The molecule has 2 heterocycles. The zero-order valence-corrected chi connectivity index (χ0v) is 12.8. The Kier molecular flexibility index (Phi) is 4.50. The molecule has 0 spiro atoms. The van der Waals surface area contributed by atoms with Crippen LogP contribution in [0.2, 0.25) is 0 Å². The van der Waals surface area contributed by atoms with E-state index in [1.165, 1.54) is 17.4 Å². The molecule has 1 N–H and O–H groups in total. The predicted octanol–water partition coefficient (Wildman–Crippen LogP) is 3.59. The van der Waals surface area contributed by atoms with Crippen molar-refractivity contribution in [1.29, 1.82) is 0 Å². The average molecular weight is 314 g/mol. The van der Waals surface area contributed by atoms with E-state index < -0.39 is 0 Å². The molecule has 1 aromatic carbocycles. The van der Waals surface area contributed by atoms with Gasteiger partial charge in [0.2, 0.25) is 0 Å². The van der Waals surface area contributed by atoms with E-state index >= 15 is 0 Å². The summed E-state index contributed by atoms with van der Waals surface area (Å²) in [6.45, 7) is 2.61. The molecular weight excluding hydrogens is 299 g/mol. The summed E-state index contributed by atoms with van der Waals surface area (Å²) in [6.07, 6.45) is 3.40. The van der Waals surface area contributed by atoms with Crippen LogP contribution in [0.5, 0.6) is 0 Å². The van der Waals surface area contributed by atoms with Gasteiger partial charge in [-0.05, 0) is 30.7 Å². The lowest BCUT2D eigenvalue weighted by Gasteiger charge is -2.13. The molecule has 0 aliphatic rings. The summed E-state index contributed by atoms with van der Waals surface area (Å²) in [5.41, 5.74) is 1.84. The van der Waals surface area contributed by atoms with Crippen LogP contribution in [0, 0.1) is 5.82 Å². The summed E-state index contributed by atoms with van der Waals surface area (Å²) < 4.78 is 13.2. The third-order valence-corrected chi connectivity index (χ3v) is 4.13. The van der Waals surface area contributed by atoms with Crippen LogP contribution in [0.3, 0.4) is 0 Å². The molecule has 6 heteroatoms. The molecule has 0 bridgehead atoms. The van der Waals surface area contributed by atoms with Crippen LogP contribution in [-0.2, 0) is 6.54 Å². The van der Waals surface area contributed by atoms with Gasteiger partial charge in [-0.25, -0.2) is 19.3 Å². The summed E-state index contributed by atoms with van der Waals surface area (Å²) in [4.78, 5) is 12.9. The highest BCUT2D eigenvalue weighted by Gasteiger charge is 2.09. The van der Waals surface area contributed by atoms with Crippen molar-refractivity contribution in [3.05, 3.63) is 65.2 Å². The van der Waals surface area contributed by atoms with Crippen LogP contribution in [0.1, 0.15) is 24.2 Å². The first-order valence-electron chi connectivity index (χ1n) is 6.93. The zero-order valence-electron chi connectivity index (χ0n) is 12.0. The highest BCUT2D eigenvalue weighted by atomic mass is 32.1. The van der Waals surface area contributed by atoms with Crippen LogP contribution in [0.25, 0.3) is 10.8 Å². The molecule has 0 amide bonds. The summed E-state index contributed by atoms with van der Waals surface area (Å²) in [7, 11) is 0. The quantitative estimate of drug-likeness (QED) is 0.782. The molecule has 0 aliphatic carbocycles. The molecule has 3 rings (SSSR count). The number of rotatable bonds is 5. The Morgan fingerprint density at radius 1 is 1.23 bits per heavy atom. The van der Waals surface area contributed by atoms with Crippen LogP contribution >= 0.6 is 11.3 Å². The monoisotopic (exact) mass is 314 g/mol. The van der Waals surface area contributed by atoms with Gasteiger partial charge in [-0.15, -0.1) is 11.3 Å². The smallest absolute Gasteiger partial charge is 0.188 e. The SMILES string of the molecule is C[C@H](NCc1csc(-c2ncccn2)n1)c1cccc(F)c1. The number of hydrogen-bond acceptors (Lipinski definition) is 5. The van der Waals surface area contributed by atoms with Crippen molar-refractivity contribution in [2.24, 2.45) is 0 Å². The van der Waals surface area contributed by atoms with Gasteiger partial charge in [-0.3, -0.25) is 0 Å². The number of nitrogens with one attached hydrogen (secondary N) is 1. The average Bonchev–Trinajstić information content (AvgIpc) is 3.02. The van der Waals surface area contributed by atoms with E-state index in [2.05, 4.69) is 20.3 Å². The Labute approximate surface area is 132 Å². The molecule has 0 saturated heterocycles. The molecule has 0 fully saturated rings. The Morgan fingerprint density at radius 2 is 2.05 bits per heavy atom. The van der Waals surface area contributed by atoms with Gasteiger partial charge in [-0.1, -0.05) is 12.1 Å². The van der Waals surface area contributed by atoms with Crippen LogP contribution < -0.4 is 5.32 Å². The van der Waals surface area contributed by atoms with Crippen LogP contribution in [0.15, 0.2) is 48.1 Å². The third-order valence-electron chi connectivity index (χ3n) is 3.25. The molecule has 0 saturated carbocycles. The summed E-state index contributed by atoms with van der Waals surface area (Å²) in [5.74, 6) is 0.417. The highest BCUT2D eigenvalue weighted by Crippen LogP contribution is 2.20. The minimum Gasteiger partial charge on any atom is -0.305 e. The Bertz CT molecular complexity index is 745. The van der Waals surface area contributed by atoms with E-state index in [9.17, 15) is 4.39 Å². The second-order valence-corrected chi connectivity index (χ2v) is 5.73. The van der Waals surface area contributed by atoms with Gasteiger partial charge >= 0.3 is 0 Å². The van der Waals surface area contributed by atoms with Crippen LogP contribution in [-0.4, -0.2) is 15.0 Å². The number of hydrogen-bond donors (Lipinski definition) is 1. The number of aromatic nitrogens is 3. The van der Waals surface area contributed by atoms with Gasteiger partial charge in [-0.2, -0.15) is 0 Å². The van der Waals surface area contributed by atoms with Crippen molar-refractivity contribution in [1.82, 2.24) is 20.3 Å². The zero-order chi connectivity index (χ0) is 15.4. The lowest BCUT2D eigenvalue weighted by molar-refractivity contribution is 0.560. The van der Waals surface area contributed by atoms with Gasteiger partial charge in [0, 0.05) is 30.4 Å². The first-order chi connectivity index (χ1) is 10.7. The lowest BCUT2D eigenvalue weighted by atomic mass is 10.1. The third kappa shape index (κ3) is 3.52. The van der Waals surface area contributed by atoms with Crippen molar-refractivity contribution in [3.63, 3.8) is 0 Å². The molecule has 1 atom stereocenters. The fourth-order valence-electron chi connectivity index (χ4n) is 2.05. The second kappa shape index (κ2) is 6.72. The Morgan fingerprint density at radius 3 is 2.82 bits per heavy atom. The van der Waals surface area contributed by atoms with E-state index in [1.54, 1.807) is 30.6 Å². The van der Waals surface area contributed by atoms with Crippen molar-refractivity contribution in [3.8, 4) is 10.8 Å². The fourth-order valence-corrected chi connectivity index (χ4v) is 2.82. The van der Waals surface area contributed by atoms with Gasteiger partial charge < -0.3 is 5.32 Å². The van der Waals surface area contributed by atoms with E-state index in [0.717, 1.165) is 16.3 Å². The highest BCUT2D eigenvalue weighted by molar-refractivity contribution is 7.13. The first-order valence-corrected chi connectivity index (χ1v) is 7.81. The topological polar surface area (TPSA) is 50.7 Å². The molecule has 0 unspecified atom stereocenters. The standard InChI is InChI=1S/C16H15FN4S/c1-11(12-4-2-5-13(17)8-12)20-9-14-10-22-16(21-14)15-18-6-3-7-19-15/h2-8,10-11,20H,9H2,1H3/t11-/m0/s1. The lowest BCUT2D eigenvalue weighted by Crippen LogP contribution is -2.18. The fraction of sp³-hybridized carbons (Fsp3) is 0.188. The molecule has 112 valence electrons. The molecule has 4 nitrogen and oxygen atoms in total. The normalized spacial score (nSPS) is 12.3. The molecular formula is C16H15FN4S. The number of halogens is 1. The molecule has 2 aromatic heterocycles. The number of benzene rings is 1. The largest absolute Gasteiger partial charge is 0.305 e. The van der Waals surface area contributed by atoms with E-state index in [4.69, 9.17) is 0 Å². The summed E-state index contributed by atoms with van der Waals surface area (Å²) in [6, 6.07) is 8.45. The molecule has 22 heavy (non-hydrogen) atoms. The predicted molar refractivity (Wildman–Crippen MR) is 84.8 cm³/mol. The summed E-state index contributed by atoms with van der Waals surface area (Å²) >= 11 is 1.52. The maximum atomic E-state index is 13.2. The van der Waals surface area contributed by atoms with Crippen molar-refractivity contribution in [2.45, 2.75) is 19.5 Å². The van der Waals surface area contributed by atoms with Gasteiger partial charge in [0.05, 0.1) is 5.69 Å².